The van der Waals surface area contributed by atoms with E-state index < -0.39 is 0 Å². The maximum atomic E-state index is 12.4. The van der Waals surface area contributed by atoms with Gasteiger partial charge in [0.05, 0.1) is 11.6 Å². The minimum atomic E-state index is -0.0837. The summed E-state index contributed by atoms with van der Waals surface area (Å²) >= 11 is 0. The number of rotatable bonds is 4. The van der Waals surface area contributed by atoms with Crippen LogP contribution in [0.5, 0.6) is 0 Å². The molecule has 1 unspecified atom stereocenters. The maximum Gasteiger partial charge on any atom is 0.257 e. The number of aromatic nitrogens is 2. The Labute approximate surface area is 157 Å². The van der Waals surface area contributed by atoms with Crippen molar-refractivity contribution in [3.63, 3.8) is 0 Å². The molecule has 1 aliphatic heterocycles. The molecule has 0 bridgehead atoms. The number of carbonyl (C=O) groups is 1. The summed E-state index contributed by atoms with van der Waals surface area (Å²) < 4.78 is 5.36. The molecule has 0 aliphatic carbocycles. The molecule has 1 aromatic heterocycles. The molecule has 0 saturated carbocycles. The van der Waals surface area contributed by atoms with Crippen molar-refractivity contribution in [1.82, 2.24) is 15.0 Å². The van der Waals surface area contributed by atoms with Crippen LogP contribution in [-0.2, 0) is 11.3 Å². The van der Waals surface area contributed by atoms with Gasteiger partial charge in [0.15, 0.2) is 5.82 Å². The van der Waals surface area contributed by atoms with Crippen molar-refractivity contribution >= 4 is 5.91 Å². The van der Waals surface area contributed by atoms with Crippen molar-refractivity contribution in [2.75, 3.05) is 6.54 Å². The Balaban J connectivity index is 1.48. The van der Waals surface area contributed by atoms with Gasteiger partial charge in [-0.15, -0.1) is 0 Å². The highest BCUT2D eigenvalue weighted by Gasteiger charge is 2.33. The Hall–Kier alpha value is -3.46. The summed E-state index contributed by atoms with van der Waals surface area (Å²) in [6.45, 7) is 3.20. The second kappa shape index (κ2) is 7.04. The summed E-state index contributed by atoms with van der Waals surface area (Å²) in [7, 11) is 0. The van der Waals surface area contributed by atoms with Crippen molar-refractivity contribution in [2.45, 2.75) is 25.8 Å². The molecule has 1 atom stereocenters. The molecule has 1 aliphatic rings. The smallest absolute Gasteiger partial charge is 0.257 e. The third-order valence-electron chi connectivity index (χ3n) is 4.75. The van der Waals surface area contributed by atoms with E-state index in [0.717, 1.165) is 5.56 Å². The minimum absolute atomic E-state index is 0.0837. The third-order valence-corrected chi connectivity index (χ3v) is 4.75. The molecule has 1 fully saturated rings. The first-order valence-electron chi connectivity index (χ1n) is 8.80. The van der Waals surface area contributed by atoms with Gasteiger partial charge in [-0.2, -0.15) is 10.2 Å². The van der Waals surface area contributed by atoms with E-state index in [1.54, 1.807) is 18.2 Å². The van der Waals surface area contributed by atoms with Crippen LogP contribution in [0.25, 0.3) is 11.5 Å². The topological polar surface area (TPSA) is 83.0 Å². The second-order valence-corrected chi connectivity index (χ2v) is 6.81. The molecule has 2 heterocycles. The first-order valence-corrected chi connectivity index (χ1v) is 8.80. The normalized spacial score (nSPS) is 16.5. The van der Waals surface area contributed by atoms with E-state index in [-0.39, 0.29) is 11.8 Å². The zero-order valence-electron chi connectivity index (χ0n) is 14.9. The van der Waals surface area contributed by atoms with Crippen LogP contribution < -0.4 is 0 Å². The van der Waals surface area contributed by atoms with Crippen LogP contribution in [0, 0.1) is 18.3 Å². The fourth-order valence-electron chi connectivity index (χ4n) is 3.25. The fourth-order valence-corrected chi connectivity index (χ4v) is 3.25. The van der Waals surface area contributed by atoms with Crippen LogP contribution in [0.3, 0.4) is 0 Å². The van der Waals surface area contributed by atoms with Gasteiger partial charge in [-0.05, 0) is 30.7 Å². The lowest BCUT2D eigenvalue weighted by Crippen LogP contribution is -2.24. The second-order valence-electron chi connectivity index (χ2n) is 6.81. The highest BCUT2D eigenvalue weighted by Crippen LogP contribution is 2.29. The monoisotopic (exact) mass is 358 g/mol. The molecule has 1 saturated heterocycles. The quantitative estimate of drug-likeness (QED) is 0.713. The average Bonchev–Trinajstić information content (AvgIpc) is 3.31. The standard InChI is InChI=1S/C21H18N4O2/c1-14-5-7-15(8-6-14)12-25-13-18(10-19(25)26)20-23-21(27-24-20)17-4-2-3-16(9-17)11-22/h2-9,18H,10,12-13H2,1H3. The zero-order chi connectivity index (χ0) is 18.8. The number of aryl methyl sites for hydroxylation is 1. The van der Waals surface area contributed by atoms with E-state index in [9.17, 15) is 4.79 Å². The lowest BCUT2D eigenvalue weighted by molar-refractivity contribution is -0.128. The highest BCUT2D eigenvalue weighted by atomic mass is 16.5. The lowest BCUT2D eigenvalue weighted by Gasteiger charge is -2.16. The van der Waals surface area contributed by atoms with Crippen LogP contribution in [0.4, 0.5) is 0 Å². The molecule has 1 amide bonds. The first kappa shape index (κ1) is 17.0. The summed E-state index contributed by atoms with van der Waals surface area (Å²) in [4.78, 5) is 18.7. The minimum Gasteiger partial charge on any atom is -0.338 e. The Morgan fingerprint density at radius 3 is 2.85 bits per heavy atom. The van der Waals surface area contributed by atoms with Crippen LogP contribution in [0.15, 0.2) is 53.1 Å². The SMILES string of the molecule is Cc1ccc(CN2CC(c3noc(-c4cccc(C#N)c4)n3)CC2=O)cc1. The van der Waals surface area contributed by atoms with Gasteiger partial charge in [-0.25, -0.2) is 0 Å². The van der Waals surface area contributed by atoms with Crippen molar-refractivity contribution < 1.29 is 9.32 Å². The number of nitriles is 1. The maximum absolute atomic E-state index is 12.4. The number of carbonyl (C=O) groups excluding carboxylic acids is 1. The largest absolute Gasteiger partial charge is 0.338 e. The number of hydrogen-bond donors (Lipinski definition) is 0. The van der Waals surface area contributed by atoms with Gasteiger partial charge < -0.3 is 9.42 Å². The molecular formula is C21H18N4O2. The van der Waals surface area contributed by atoms with Gasteiger partial charge in [0, 0.05) is 31.0 Å². The lowest BCUT2D eigenvalue weighted by atomic mass is 10.1. The average molecular weight is 358 g/mol. The predicted octanol–water partition coefficient (Wildman–Crippen LogP) is 3.43. The van der Waals surface area contributed by atoms with Gasteiger partial charge in [0.1, 0.15) is 0 Å². The fraction of sp³-hybridized carbons (Fsp3) is 0.238. The van der Waals surface area contributed by atoms with E-state index >= 15 is 0 Å². The van der Waals surface area contributed by atoms with Gasteiger partial charge >= 0.3 is 0 Å². The zero-order valence-corrected chi connectivity index (χ0v) is 14.9. The molecule has 0 spiro atoms. The van der Waals surface area contributed by atoms with E-state index in [0.29, 0.717) is 42.4 Å². The van der Waals surface area contributed by atoms with Gasteiger partial charge in [0.25, 0.3) is 5.89 Å². The van der Waals surface area contributed by atoms with Crippen LogP contribution in [0.2, 0.25) is 0 Å². The molecule has 27 heavy (non-hydrogen) atoms. The van der Waals surface area contributed by atoms with E-state index in [1.807, 2.05) is 42.2 Å². The molecular weight excluding hydrogens is 340 g/mol. The summed E-state index contributed by atoms with van der Waals surface area (Å²) in [6, 6.07) is 17.3. The third kappa shape index (κ3) is 3.58. The predicted molar refractivity (Wildman–Crippen MR) is 98.4 cm³/mol. The van der Waals surface area contributed by atoms with Crippen molar-refractivity contribution in [3.05, 3.63) is 71.0 Å². The van der Waals surface area contributed by atoms with E-state index in [4.69, 9.17) is 9.78 Å². The number of hydrogen-bond acceptors (Lipinski definition) is 5. The number of amides is 1. The summed E-state index contributed by atoms with van der Waals surface area (Å²) in [6.07, 6.45) is 0.378. The first-order chi connectivity index (χ1) is 13.1. The molecule has 6 nitrogen and oxygen atoms in total. The Bertz CT molecular complexity index is 1020. The summed E-state index contributed by atoms with van der Waals surface area (Å²) in [5.41, 5.74) is 3.54. The number of likely N-dealkylation sites (tertiary alicyclic amines) is 1. The molecule has 4 rings (SSSR count). The van der Waals surface area contributed by atoms with E-state index in [2.05, 4.69) is 16.2 Å². The molecule has 2 aromatic carbocycles. The number of benzene rings is 2. The van der Waals surface area contributed by atoms with Gasteiger partial charge in [-0.1, -0.05) is 41.1 Å². The Kier molecular flexibility index (Phi) is 4.43. The van der Waals surface area contributed by atoms with Crippen LogP contribution in [-0.4, -0.2) is 27.5 Å². The number of nitrogens with zero attached hydrogens (tertiary/aromatic N) is 4. The highest BCUT2D eigenvalue weighted by molar-refractivity contribution is 5.79. The van der Waals surface area contributed by atoms with Crippen LogP contribution in [0.1, 0.15) is 34.9 Å². The van der Waals surface area contributed by atoms with Crippen LogP contribution >= 0.6 is 0 Å². The Morgan fingerprint density at radius 2 is 2.07 bits per heavy atom. The molecule has 6 heteroatoms. The van der Waals surface area contributed by atoms with Gasteiger partial charge in [0.2, 0.25) is 5.91 Å². The molecule has 0 N–H and O–H groups in total. The van der Waals surface area contributed by atoms with E-state index in [1.165, 1.54) is 5.56 Å². The molecule has 0 radical (unpaired) electrons. The van der Waals surface area contributed by atoms with Crippen molar-refractivity contribution in [1.29, 1.82) is 5.26 Å². The van der Waals surface area contributed by atoms with Crippen molar-refractivity contribution in [2.24, 2.45) is 0 Å². The summed E-state index contributed by atoms with van der Waals surface area (Å²) in [5.74, 6) is 0.914. The molecule has 3 aromatic rings. The van der Waals surface area contributed by atoms with Crippen molar-refractivity contribution in [3.8, 4) is 17.5 Å². The van der Waals surface area contributed by atoms with Gasteiger partial charge in [-0.3, -0.25) is 4.79 Å². The molecule has 134 valence electrons. The Morgan fingerprint density at radius 1 is 1.26 bits per heavy atom. The summed E-state index contributed by atoms with van der Waals surface area (Å²) in [5, 5.41) is 13.1.